The van der Waals surface area contributed by atoms with Crippen molar-refractivity contribution < 1.29 is 13.5 Å². The minimum Gasteiger partial charge on any atom is -0.395 e. The van der Waals surface area contributed by atoms with E-state index in [1.807, 2.05) is 24.3 Å². The fourth-order valence-corrected chi connectivity index (χ4v) is 3.94. The molecule has 1 aromatic rings. The van der Waals surface area contributed by atoms with E-state index in [2.05, 4.69) is 6.58 Å². The van der Waals surface area contributed by atoms with Gasteiger partial charge >= 0.3 is 0 Å². The van der Waals surface area contributed by atoms with Gasteiger partial charge in [-0.1, -0.05) is 30.3 Å². The number of nitrogens with zero attached hydrogens (tertiary/aromatic N) is 2. The molecule has 0 amide bonds. The molecule has 0 radical (unpaired) electrons. The maximum Gasteiger partial charge on any atom is 0.282 e. The quantitative estimate of drug-likeness (QED) is 0.789. The zero-order chi connectivity index (χ0) is 14.6. The molecule has 0 fully saturated rings. The molecule has 2 rings (SSSR count). The first-order valence-corrected chi connectivity index (χ1v) is 8.03. The summed E-state index contributed by atoms with van der Waals surface area (Å²) in [7, 11) is -3.56. The van der Waals surface area contributed by atoms with Crippen LogP contribution in [0.5, 0.6) is 0 Å². The highest BCUT2D eigenvalue weighted by Crippen LogP contribution is 2.22. The normalized spacial score (nSPS) is 16.1. The van der Waals surface area contributed by atoms with Crippen LogP contribution in [0.15, 0.2) is 36.9 Å². The average molecular weight is 296 g/mol. The van der Waals surface area contributed by atoms with Crippen LogP contribution >= 0.6 is 0 Å². The molecule has 6 heteroatoms. The molecule has 0 aromatic heterocycles. The maximum atomic E-state index is 12.6. The summed E-state index contributed by atoms with van der Waals surface area (Å²) in [5.41, 5.74) is 2.25. The number of aliphatic hydroxyl groups excluding tert-OH is 1. The van der Waals surface area contributed by atoms with Gasteiger partial charge in [0.25, 0.3) is 10.2 Å². The zero-order valence-corrected chi connectivity index (χ0v) is 12.2. The number of fused-ring (bicyclic) bond motifs is 1. The molecule has 1 aliphatic rings. The second-order valence-corrected chi connectivity index (χ2v) is 6.66. The number of rotatable bonds is 6. The van der Waals surface area contributed by atoms with Gasteiger partial charge in [-0.2, -0.15) is 17.0 Å². The Morgan fingerprint density at radius 1 is 1.35 bits per heavy atom. The monoisotopic (exact) mass is 296 g/mol. The number of hydrogen-bond donors (Lipinski definition) is 1. The summed E-state index contributed by atoms with van der Waals surface area (Å²) in [6.07, 6.45) is 2.25. The van der Waals surface area contributed by atoms with Gasteiger partial charge in [0.2, 0.25) is 0 Å². The summed E-state index contributed by atoms with van der Waals surface area (Å²) < 4.78 is 27.9. The van der Waals surface area contributed by atoms with Crippen LogP contribution in [-0.2, 0) is 23.2 Å². The molecule has 110 valence electrons. The minimum absolute atomic E-state index is 0.0898. The lowest BCUT2D eigenvalue weighted by atomic mass is 10.0. The molecule has 1 N–H and O–H groups in total. The summed E-state index contributed by atoms with van der Waals surface area (Å²) >= 11 is 0. The Morgan fingerprint density at radius 2 is 2.05 bits per heavy atom. The highest BCUT2D eigenvalue weighted by molar-refractivity contribution is 7.86. The smallest absolute Gasteiger partial charge is 0.282 e. The highest BCUT2D eigenvalue weighted by Gasteiger charge is 2.31. The standard InChI is InChI=1S/C14H20N2O3S/c1-2-8-15(10-11-17)20(18,19)16-9-7-13-5-3-4-6-14(13)12-16/h2-6,17H,1,7-12H2. The second-order valence-electron chi connectivity index (χ2n) is 4.73. The largest absolute Gasteiger partial charge is 0.395 e. The zero-order valence-electron chi connectivity index (χ0n) is 11.4. The SMILES string of the molecule is C=CCN(CCO)S(=O)(=O)N1CCc2ccccc2C1. The van der Waals surface area contributed by atoms with Gasteiger partial charge in [-0.25, -0.2) is 0 Å². The second kappa shape index (κ2) is 6.49. The van der Waals surface area contributed by atoms with Crippen molar-refractivity contribution in [1.82, 2.24) is 8.61 Å². The molecule has 0 bridgehead atoms. The van der Waals surface area contributed by atoms with Gasteiger partial charge in [0.15, 0.2) is 0 Å². The summed E-state index contributed by atoms with van der Waals surface area (Å²) in [4.78, 5) is 0. The molecule has 0 aliphatic carbocycles. The van der Waals surface area contributed by atoms with Gasteiger partial charge in [0, 0.05) is 26.2 Å². The van der Waals surface area contributed by atoms with Crippen molar-refractivity contribution in [1.29, 1.82) is 0 Å². The van der Waals surface area contributed by atoms with E-state index in [0.717, 1.165) is 12.0 Å². The van der Waals surface area contributed by atoms with Crippen LogP contribution in [0, 0.1) is 0 Å². The van der Waals surface area contributed by atoms with E-state index >= 15 is 0 Å². The number of aliphatic hydroxyl groups is 1. The summed E-state index contributed by atoms with van der Waals surface area (Å²) in [6.45, 7) is 4.53. The fraction of sp³-hybridized carbons (Fsp3) is 0.429. The van der Waals surface area contributed by atoms with Crippen LogP contribution in [0.25, 0.3) is 0 Å². The van der Waals surface area contributed by atoms with E-state index in [4.69, 9.17) is 5.11 Å². The summed E-state index contributed by atoms with van der Waals surface area (Å²) in [6, 6.07) is 7.89. The van der Waals surface area contributed by atoms with E-state index in [1.165, 1.54) is 20.2 Å². The van der Waals surface area contributed by atoms with Crippen molar-refractivity contribution in [3.05, 3.63) is 48.0 Å². The first kappa shape index (κ1) is 15.2. The van der Waals surface area contributed by atoms with Crippen molar-refractivity contribution in [2.45, 2.75) is 13.0 Å². The lowest BCUT2D eigenvalue weighted by molar-refractivity contribution is 0.249. The van der Waals surface area contributed by atoms with Crippen LogP contribution in [-0.4, -0.2) is 48.4 Å². The molecule has 0 unspecified atom stereocenters. The first-order valence-electron chi connectivity index (χ1n) is 6.63. The van der Waals surface area contributed by atoms with Crippen LogP contribution in [0.1, 0.15) is 11.1 Å². The lowest BCUT2D eigenvalue weighted by Gasteiger charge is -2.32. The Kier molecular flexibility index (Phi) is 4.93. The van der Waals surface area contributed by atoms with Crippen LogP contribution in [0.2, 0.25) is 0 Å². The molecule has 1 aromatic carbocycles. The Hall–Kier alpha value is -1.21. The molecule has 1 heterocycles. The Labute approximate surface area is 120 Å². The van der Waals surface area contributed by atoms with Gasteiger partial charge in [0.05, 0.1) is 6.61 Å². The molecule has 1 aliphatic heterocycles. The lowest BCUT2D eigenvalue weighted by Crippen LogP contribution is -2.46. The van der Waals surface area contributed by atoms with Crippen molar-refractivity contribution in [2.24, 2.45) is 0 Å². The van der Waals surface area contributed by atoms with Gasteiger partial charge in [-0.3, -0.25) is 0 Å². The van der Waals surface area contributed by atoms with Crippen LogP contribution in [0.4, 0.5) is 0 Å². The molecule has 0 atom stereocenters. The summed E-state index contributed by atoms with van der Waals surface area (Å²) in [5.74, 6) is 0. The van der Waals surface area contributed by atoms with Gasteiger partial charge in [-0.15, -0.1) is 6.58 Å². The maximum absolute atomic E-state index is 12.6. The highest BCUT2D eigenvalue weighted by atomic mass is 32.2. The summed E-state index contributed by atoms with van der Waals surface area (Å²) in [5, 5.41) is 9.02. The minimum atomic E-state index is -3.56. The topological polar surface area (TPSA) is 60.9 Å². The van der Waals surface area contributed by atoms with Crippen molar-refractivity contribution in [2.75, 3.05) is 26.2 Å². The van der Waals surface area contributed by atoms with Gasteiger partial charge in [-0.05, 0) is 17.5 Å². The molecule has 0 spiro atoms. The molecular formula is C14H20N2O3S. The van der Waals surface area contributed by atoms with E-state index in [-0.39, 0.29) is 19.7 Å². The first-order chi connectivity index (χ1) is 9.59. The molecule has 0 saturated carbocycles. The van der Waals surface area contributed by atoms with E-state index < -0.39 is 10.2 Å². The van der Waals surface area contributed by atoms with Gasteiger partial charge in [0.1, 0.15) is 0 Å². The third-order valence-corrected chi connectivity index (χ3v) is 5.38. The Bertz CT molecular complexity index is 572. The van der Waals surface area contributed by atoms with E-state index in [1.54, 1.807) is 0 Å². The Morgan fingerprint density at radius 3 is 2.70 bits per heavy atom. The van der Waals surface area contributed by atoms with Gasteiger partial charge < -0.3 is 5.11 Å². The number of hydrogen-bond acceptors (Lipinski definition) is 3. The molecule has 20 heavy (non-hydrogen) atoms. The predicted molar refractivity (Wildman–Crippen MR) is 78.3 cm³/mol. The predicted octanol–water partition coefficient (Wildman–Crippen LogP) is 0.770. The van der Waals surface area contributed by atoms with Crippen LogP contribution < -0.4 is 0 Å². The third-order valence-electron chi connectivity index (χ3n) is 3.43. The third kappa shape index (κ3) is 3.09. The van der Waals surface area contributed by atoms with Crippen LogP contribution in [0.3, 0.4) is 0 Å². The number of benzene rings is 1. The van der Waals surface area contributed by atoms with Crippen molar-refractivity contribution in [3.8, 4) is 0 Å². The molecule has 0 saturated heterocycles. The molecule has 5 nitrogen and oxygen atoms in total. The van der Waals surface area contributed by atoms with E-state index in [0.29, 0.717) is 13.1 Å². The van der Waals surface area contributed by atoms with Crippen molar-refractivity contribution >= 4 is 10.2 Å². The van der Waals surface area contributed by atoms with E-state index in [9.17, 15) is 8.42 Å². The Balaban J connectivity index is 2.20. The average Bonchev–Trinajstić information content (AvgIpc) is 2.46. The van der Waals surface area contributed by atoms with Crippen molar-refractivity contribution in [3.63, 3.8) is 0 Å². The molecular weight excluding hydrogens is 276 g/mol. The fourth-order valence-electron chi connectivity index (χ4n) is 2.39.